The van der Waals surface area contributed by atoms with Crippen LogP contribution in [0.2, 0.25) is 0 Å². The maximum Gasteiger partial charge on any atom is 0.252 e. The van der Waals surface area contributed by atoms with Crippen LogP contribution >= 0.6 is 11.3 Å². The van der Waals surface area contributed by atoms with Gasteiger partial charge in [0, 0.05) is 16.5 Å². The number of hydrogen-bond donors (Lipinski definition) is 1. The van der Waals surface area contributed by atoms with Gasteiger partial charge in [0.15, 0.2) is 0 Å². The smallest absolute Gasteiger partial charge is 0.252 e. The van der Waals surface area contributed by atoms with Crippen LogP contribution in [-0.2, 0) is 0 Å². The number of benzene rings is 2. The van der Waals surface area contributed by atoms with Gasteiger partial charge in [-0.2, -0.15) is 0 Å². The van der Waals surface area contributed by atoms with Crippen LogP contribution in [-0.4, -0.2) is 20.1 Å². The van der Waals surface area contributed by atoms with Crippen molar-refractivity contribution in [2.24, 2.45) is 0 Å². The molecule has 6 heteroatoms. The van der Waals surface area contributed by atoms with E-state index >= 15 is 0 Å². The minimum absolute atomic E-state index is 0.273. The van der Waals surface area contributed by atoms with E-state index in [1.54, 1.807) is 30.3 Å². The Kier molecular flexibility index (Phi) is 5.53. The van der Waals surface area contributed by atoms with Gasteiger partial charge in [-0.3, -0.25) is 4.79 Å². The second kappa shape index (κ2) is 8.01. The Hall–Kier alpha value is -2.86. The van der Waals surface area contributed by atoms with Crippen LogP contribution in [0.1, 0.15) is 26.8 Å². The van der Waals surface area contributed by atoms with Crippen molar-refractivity contribution in [1.82, 2.24) is 5.32 Å². The van der Waals surface area contributed by atoms with Gasteiger partial charge in [-0.1, -0.05) is 18.2 Å². The lowest BCUT2D eigenvalue weighted by atomic mass is 10.0. The van der Waals surface area contributed by atoms with Crippen molar-refractivity contribution in [3.05, 3.63) is 81.8 Å². The molecule has 0 saturated carbocycles. The average molecular weight is 371 g/mol. The maximum atomic E-state index is 13.3. The number of carbonyl (C=O) groups excluding carboxylic acids is 1. The number of rotatable bonds is 6. The van der Waals surface area contributed by atoms with Crippen LogP contribution in [0, 0.1) is 5.82 Å². The molecule has 26 heavy (non-hydrogen) atoms. The topological polar surface area (TPSA) is 47.6 Å². The highest BCUT2D eigenvalue weighted by Crippen LogP contribution is 2.28. The molecule has 2 aromatic carbocycles. The highest BCUT2D eigenvalue weighted by atomic mass is 32.1. The van der Waals surface area contributed by atoms with E-state index in [-0.39, 0.29) is 17.8 Å². The SMILES string of the molecule is COc1cc(OC)cc(C(=O)N[C@@H](c2ccc(F)cc2)c2cccs2)c1. The van der Waals surface area contributed by atoms with Crippen molar-refractivity contribution in [1.29, 1.82) is 0 Å². The molecule has 134 valence electrons. The molecule has 1 heterocycles. The normalized spacial score (nSPS) is 11.7. The first-order chi connectivity index (χ1) is 12.6. The van der Waals surface area contributed by atoms with Crippen molar-refractivity contribution >= 4 is 17.2 Å². The molecule has 3 rings (SSSR count). The Labute approximate surface area is 155 Å². The molecule has 0 spiro atoms. The van der Waals surface area contributed by atoms with E-state index in [0.717, 1.165) is 10.4 Å². The van der Waals surface area contributed by atoms with Gasteiger partial charge < -0.3 is 14.8 Å². The van der Waals surface area contributed by atoms with Crippen LogP contribution in [0.25, 0.3) is 0 Å². The number of ether oxygens (including phenoxy) is 2. The lowest BCUT2D eigenvalue weighted by Crippen LogP contribution is -2.28. The summed E-state index contributed by atoms with van der Waals surface area (Å²) in [6.07, 6.45) is 0. The number of nitrogens with one attached hydrogen (secondary N) is 1. The summed E-state index contributed by atoms with van der Waals surface area (Å²) in [6, 6.07) is 14.6. The molecule has 4 nitrogen and oxygen atoms in total. The van der Waals surface area contributed by atoms with E-state index in [4.69, 9.17) is 9.47 Å². The van der Waals surface area contributed by atoms with Crippen molar-refractivity contribution in [2.45, 2.75) is 6.04 Å². The quantitative estimate of drug-likeness (QED) is 0.698. The highest BCUT2D eigenvalue weighted by Gasteiger charge is 2.20. The lowest BCUT2D eigenvalue weighted by molar-refractivity contribution is 0.0943. The molecule has 0 unspecified atom stereocenters. The Balaban J connectivity index is 1.92. The zero-order valence-corrected chi connectivity index (χ0v) is 15.2. The average Bonchev–Trinajstić information content (AvgIpc) is 3.20. The fraction of sp³-hybridized carbons (Fsp3) is 0.150. The summed E-state index contributed by atoms with van der Waals surface area (Å²) in [6.45, 7) is 0. The molecule has 0 fully saturated rings. The molecule has 1 atom stereocenters. The molecule has 0 radical (unpaired) electrons. The third-order valence-corrected chi connectivity index (χ3v) is 4.86. The number of carbonyl (C=O) groups is 1. The summed E-state index contributed by atoms with van der Waals surface area (Å²) in [5.41, 5.74) is 1.22. The minimum Gasteiger partial charge on any atom is -0.497 e. The number of halogens is 1. The molecule has 0 saturated heterocycles. The third kappa shape index (κ3) is 4.03. The Morgan fingerprint density at radius 2 is 1.69 bits per heavy atom. The minimum atomic E-state index is -0.375. The predicted octanol–water partition coefficient (Wildman–Crippen LogP) is 4.42. The summed E-state index contributed by atoms with van der Waals surface area (Å²) in [5, 5.41) is 4.95. The first-order valence-electron chi connectivity index (χ1n) is 7.93. The van der Waals surface area contributed by atoms with Gasteiger partial charge >= 0.3 is 0 Å². The van der Waals surface area contributed by atoms with Crippen LogP contribution in [0.4, 0.5) is 4.39 Å². The van der Waals surface area contributed by atoms with E-state index in [9.17, 15) is 9.18 Å². The molecule has 0 bridgehead atoms. The van der Waals surface area contributed by atoms with Crippen LogP contribution < -0.4 is 14.8 Å². The summed E-state index contributed by atoms with van der Waals surface area (Å²) >= 11 is 1.52. The first-order valence-corrected chi connectivity index (χ1v) is 8.81. The summed E-state index contributed by atoms with van der Waals surface area (Å²) in [5.74, 6) is 0.473. The predicted molar refractivity (Wildman–Crippen MR) is 99.6 cm³/mol. The second-order valence-electron chi connectivity index (χ2n) is 5.57. The van der Waals surface area contributed by atoms with Crippen molar-refractivity contribution in [3.8, 4) is 11.5 Å². The number of amides is 1. The molecule has 3 aromatic rings. The molecular formula is C20H18FNO3S. The molecule has 1 aromatic heterocycles. The van der Waals surface area contributed by atoms with E-state index in [0.29, 0.717) is 17.1 Å². The summed E-state index contributed by atoms with van der Waals surface area (Å²) in [7, 11) is 3.06. The van der Waals surface area contributed by atoms with Crippen LogP contribution in [0.3, 0.4) is 0 Å². The molecule has 0 aliphatic carbocycles. The van der Waals surface area contributed by atoms with E-state index in [2.05, 4.69) is 5.32 Å². The lowest BCUT2D eigenvalue weighted by Gasteiger charge is -2.19. The number of methoxy groups -OCH3 is 2. The molecule has 1 amide bonds. The molecule has 1 N–H and O–H groups in total. The maximum absolute atomic E-state index is 13.3. The zero-order chi connectivity index (χ0) is 18.5. The van der Waals surface area contributed by atoms with Gasteiger partial charge in [0.2, 0.25) is 0 Å². The van der Waals surface area contributed by atoms with Gasteiger partial charge in [0.05, 0.1) is 20.3 Å². The number of hydrogen-bond acceptors (Lipinski definition) is 4. The molecular weight excluding hydrogens is 353 g/mol. The van der Waals surface area contributed by atoms with E-state index in [1.807, 2.05) is 17.5 Å². The largest absolute Gasteiger partial charge is 0.497 e. The summed E-state index contributed by atoms with van der Waals surface area (Å²) < 4.78 is 23.7. The molecule has 0 aliphatic heterocycles. The van der Waals surface area contributed by atoms with E-state index < -0.39 is 0 Å². The van der Waals surface area contributed by atoms with Crippen molar-refractivity contribution in [2.75, 3.05) is 14.2 Å². The van der Waals surface area contributed by atoms with Gasteiger partial charge in [-0.25, -0.2) is 4.39 Å². The Morgan fingerprint density at radius 3 is 2.23 bits per heavy atom. The first kappa shape index (κ1) is 17.9. The van der Waals surface area contributed by atoms with Crippen molar-refractivity contribution < 1.29 is 18.7 Å². The Morgan fingerprint density at radius 1 is 1.04 bits per heavy atom. The van der Waals surface area contributed by atoms with Gasteiger partial charge in [0.1, 0.15) is 17.3 Å². The van der Waals surface area contributed by atoms with Crippen LogP contribution in [0.15, 0.2) is 60.0 Å². The Bertz CT molecular complexity index is 856. The fourth-order valence-corrected chi connectivity index (χ4v) is 3.38. The van der Waals surface area contributed by atoms with E-state index in [1.165, 1.54) is 37.7 Å². The van der Waals surface area contributed by atoms with Gasteiger partial charge in [-0.15, -0.1) is 11.3 Å². The van der Waals surface area contributed by atoms with Crippen LogP contribution in [0.5, 0.6) is 11.5 Å². The van der Waals surface area contributed by atoms with Crippen molar-refractivity contribution in [3.63, 3.8) is 0 Å². The fourth-order valence-electron chi connectivity index (χ4n) is 2.58. The standard InChI is InChI=1S/C20H18FNO3S/c1-24-16-10-14(11-17(12-16)25-2)20(23)22-19(18-4-3-9-26-18)13-5-7-15(21)8-6-13/h3-12,19H,1-2H3,(H,22,23)/t19-/m0/s1. The van der Waals surface area contributed by atoms with Gasteiger partial charge in [0.25, 0.3) is 5.91 Å². The monoisotopic (exact) mass is 371 g/mol. The highest BCUT2D eigenvalue weighted by molar-refractivity contribution is 7.10. The second-order valence-corrected chi connectivity index (χ2v) is 6.55. The zero-order valence-electron chi connectivity index (χ0n) is 14.4. The van der Waals surface area contributed by atoms with Gasteiger partial charge in [-0.05, 0) is 41.3 Å². The molecule has 0 aliphatic rings. The summed E-state index contributed by atoms with van der Waals surface area (Å²) in [4.78, 5) is 13.8. The third-order valence-electron chi connectivity index (χ3n) is 3.92. The number of thiophene rings is 1.